The first-order valence-electron chi connectivity index (χ1n) is 5.72. The zero-order valence-electron chi connectivity index (χ0n) is 10.3. The van der Waals surface area contributed by atoms with Crippen LogP contribution in [0.4, 0.5) is 0 Å². The van der Waals surface area contributed by atoms with Crippen LogP contribution < -0.4 is 4.90 Å². The Bertz CT molecular complexity index is 231. The monoisotopic (exact) mass is 210 g/mol. The Morgan fingerprint density at radius 2 is 2.00 bits per heavy atom. The summed E-state index contributed by atoms with van der Waals surface area (Å²) in [4.78, 5) is 1.45. The van der Waals surface area contributed by atoms with E-state index in [0.29, 0.717) is 6.42 Å². The predicted molar refractivity (Wildman–Crippen MR) is 64.7 cm³/mol. The Kier molecular flexibility index (Phi) is 7.11. The van der Waals surface area contributed by atoms with E-state index in [1.807, 2.05) is 6.08 Å². The molecule has 0 heterocycles. The average molecular weight is 210 g/mol. The van der Waals surface area contributed by atoms with Gasteiger partial charge in [0.1, 0.15) is 12.1 Å². The molecule has 0 radical (unpaired) electrons. The molecule has 0 aliphatic rings. The maximum absolute atomic E-state index is 9.87. The standard InChI is InChI=1S/C13H23NO/c1-5-8-10-13(4,15)11-9-12-14(6-2)7-3/h5,15H,1,6-8,10,12H2,2-4H3/p+1/t13-/m1/s1. The molecule has 0 unspecified atom stereocenters. The van der Waals surface area contributed by atoms with Gasteiger partial charge in [-0.05, 0) is 39.5 Å². The van der Waals surface area contributed by atoms with Crippen LogP contribution >= 0.6 is 0 Å². The van der Waals surface area contributed by atoms with Gasteiger partial charge in [-0.3, -0.25) is 0 Å². The third-order valence-electron chi connectivity index (χ3n) is 2.53. The molecular weight excluding hydrogens is 186 g/mol. The molecular formula is C13H24NO+. The predicted octanol–water partition coefficient (Wildman–Crippen LogP) is 0.632. The molecule has 0 spiro atoms. The van der Waals surface area contributed by atoms with Gasteiger partial charge in [-0.15, -0.1) is 6.58 Å². The molecule has 2 N–H and O–H groups in total. The minimum atomic E-state index is -0.860. The molecule has 0 bridgehead atoms. The Labute approximate surface area is 94.0 Å². The van der Waals surface area contributed by atoms with Crippen LogP contribution in [-0.4, -0.2) is 30.3 Å². The highest BCUT2D eigenvalue weighted by Crippen LogP contribution is 2.10. The Morgan fingerprint density at radius 1 is 1.40 bits per heavy atom. The van der Waals surface area contributed by atoms with Crippen molar-refractivity contribution in [2.75, 3.05) is 19.6 Å². The van der Waals surface area contributed by atoms with Crippen LogP contribution in [-0.2, 0) is 0 Å². The third-order valence-corrected chi connectivity index (χ3v) is 2.53. The number of aliphatic hydroxyl groups is 1. The normalized spacial score (nSPS) is 14.2. The van der Waals surface area contributed by atoms with E-state index in [4.69, 9.17) is 0 Å². The molecule has 0 aliphatic heterocycles. The number of allylic oxidation sites excluding steroid dienone is 1. The second kappa shape index (κ2) is 7.50. The highest BCUT2D eigenvalue weighted by atomic mass is 16.3. The van der Waals surface area contributed by atoms with Crippen molar-refractivity contribution in [2.45, 2.75) is 39.2 Å². The molecule has 1 atom stereocenters. The molecule has 2 nitrogen and oxygen atoms in total. The van der Waals surface area contributed by atoms with E-state index >= 15 is 0 Å². The van der Waals surface area contributed by atoms with Gasteiger partial charge in [0.15, 0.2) is 0 Å². The molecule has 0 rings (SSSR count). The maximum atomic E-state index is 9.87. The summed E-state index contributed by atoms with van der Waals surface area (Å²) in [6.45, 7) is 12.7. The minimum absolute atomic E-state index is 0.664. The fourth-order valence-electron chi connectivity index (χ4n) is 1.31. The largest absolute Gasteiger partial charge is 0.378 e. The molecule has 0 aliphatic carbocycles. The summed E-state index contributed by atoms with van der Waals surface area (Å²) < 4.78 is 0. The van der Waals surface area contributed by atoms with E-state index in [9.17, 15) is 5.11 Å². The van der Waals surface area contributed by atoms with E-state index < -0.39 is 5.60 Å². The van der Waals surface area contributed by atoms with E-state index in [1.165, 1.54) is 4.90 Å². The van der Waals surface area contributed by atoms with Crippen LogP contribution in [0.1, 0.15) is 33.6 Å². The SMILES string of the molecule is C=CCC[C@@](C)(O)C#CC[NH+](CC)CC. The van der Waals surface area contributed by atoms with Crippen LogP contribution in [0.2, 0.25) is 0 Å². The van der Waals surface area contributed by atoms with Gasteiger partial charge >= 0.3 is 0 Å². The number of hydrogen-bond donors (Lipinski definition) is 2. The Balaban J connectivity index is 4.07. The summed E-state index contributed by atoms with van der Waals surface area (Å²) in [5.41, 5.74) is -0.860. The van der Waals surface area contributed by atoms with Crippen LogP contribution in [0, 0.1) is 11.8 Å². The summed E-state index contributed by atoms with van der Waals surface area (Å²) in [5.74, 6) is 6.00. The zero-order valence-corrected chi connectivity index (χ0v) is 10.3. The molecule has 15 heavy (non-hydrogen) atoms. The van der Waals surface area contributed by atoms with E-state index in [0.717, 1.165) is 26.1 Å². The topological polar surface area (TPSA) is 24.7 Å². The summed E-state index contributed by atoms with van der Waals surface area (Å²) >= 11 is 0. The van der Waals surface area contributed by atoms with Crippen molar-refractivity contribution in [1.29, 1.82) is 0 Å². The molecule has 0 aromatic carbocycles. The van der Waals surface area contributed by atoms with E-state index in [2.05, 4.69) is 32.3 Å². The van der Waals surface area contributed by atoms with Gasteiger partial charge < -0.3 is 10.0 Å². The minimum Gasteiger partial charge on any atom is -0.378 e. The summed E-state index contributed by atoms with van der Waals surface area (Å²) in [7, 11) is 0. The first kappa shape index (κ1) is 14.2. The second-order valence-electron chi connectivity index (χ2n) is 4.04. The highest BCUT2D eigenvalue weighted by Gasteiger charge is 2.14. The highest BCUT2D eigenvalue weighted by molar-refractivity contribution is 5.12. The number of rotatable bonds is 6. The average Bonchev–Trinajstić information content (AvgIpc) is 2.22. The van der Waals surface area contributed by atoms with Gasteiger partial charge in [-0.2, -0.15) is 0 Å². The lowest BCUT2D eigenvalue weighted by Crippen LogP contribution is -3.11. The van der Waals surface area contributed by atoms with Crippen LogP contribution in [0.5, 0.6) is 0 Å². The van der Waals surface area contributed by atoms with Crippen molar-refractivity contribution < 1.29 is 10.0 Å². The molecule has 0 amide bonds. The lowest BCUT2D eigenvalue weighted by atomic mass is 10.0. The molecule has 86 valence electrons. The lowest BCUT2D eigenvalue weighted by Gasteiger charge is -2.15. The van der Waals surface area contributed by atoms with Gasteiger partial charge in [0.25, 0.3) is 0 Å². The van der Waals surface area contributed by atoms with Gasteiger partial charge in [-0.25, -0.2) is 0 Å². The molecule has 0 saturated heterocycles. The van der Waals surface area contributed by atoms with E-state index in [-0.39, 0.29) is 0 Å². The van der Waals surface area contributed by atoms with Gasteiger partial charge in [0, 0.05) is 0 Å². The van der Waals surface area contributed by atoms with Crippen molar-refractivity contribution >= 4 is 0 Å². The zero-order chi connectivity index (χ0) is 11.7. The smallest absolute Gasteiger partial charge is 0.139 e. The van der Waals surface area contributed by atoms with Crippen molar-refractivity contribution in [1.82, 2.24) is 0 Å². The van der Waals surface area contributed by atoms with Crippen molar-refractivity contribution in [3.8, 4) is 11.8 Å². The summed E-state index contributed by atoms with van der Waals surface area (Å²) in [6, 6.07) is 0. The molecule has 0 fully saturated rings. The summed E-state index contributed by atoms with van der Waals surface area (Å²) in [6.07, 6.45) is 3.28. The lowest BCUT2D eigenvalue weighted by molar-refractivity contribution is -0.889. The van der Waals surface area contributed by atoms with Crippen molar-refractivity contribution in [3.05, 3.63) is 12.7 Å². The molecule has 0 aromatic rings. The fraction of sp³-hybridized carbons (Fsp3) is 0.692. The number of hydrogen-bond acceptors (Lipinski definition) is 1. The molecule has 0 aromatic heterocycles. The molecule has 2 heteroatoms. The summed E-state index contributed by atoms with van der Waals surface area (Å²) in [5, 5.41) is 9.87. The maximum Gasteiger partial charge on any atom is 0.139 e. The first-order valence-corrected chi connectivity index (χ1v) is 5.72. The number of nitrogens with one attached hydrogen (secondary N) is 1. The van der Waals surface area contributed by atoms with Gasteiger partial charge in [0.2, 0.25) is 0 Å². The number of quaternary nitrogens is 1. The Hall–Kier alpha value is -0.780. The van der Waals surface area contributed by atoms with Gasteiger partial charge in [-0.1, -0.05) is 12.0 Å². The third kappa shape index (κ3) is 7.18. The van der Waals surface area contributed by atoms with Crippen LogP contribution in [0.3, 0.4) is 0 Å². The second-order valence-corrected chi connectivity index (χ2v) is 4.04. The van der Waals surface area contributed by atoms with Crippen molar-refractivity contribution in [3.63, 3.8) is 0 Å². The van der Waals surface area contributed by atoms with Crippen LogP contribution in [0.15, 0.2) is 12.7 Å². The van der Waals surface area contributed by atoms with Gasteiger partial charge in [0.05, 0.1) is 13.1 Å². The van der Waals surface area contributed by atoms with Crippen LogP contribution in [0.25, 0.3) is 0 Å². The first-order chi connectivity index (χ1) is 7.05. The Morgan fingerprint density at radius 3 is 2.47 bits per heavy atom. The fourth-order valence-corrected chi connectivity index (χ4v) is 1.31. The molecule has 0 saturated carbocycles. The van der Waals surface area contributed by atoms with E-state index in [1.54, 1.807) is 6.92 Å². The van der Waals surface area contributed by atoms with Crippen molar-refractivity contribution in [2.24, 2.45) is 0 Å². The quantitative estimate of drug-likeness (QED) is 0.488.